The van der Waals surface area contributed by atoms with E-state index in [9.17, 15) is 9.59 Å². The topological polar surface area (TPSA) is 76.7 Å². The van der Waals surface area contributed by atoms with E-state index >= 15 is 0 Å². The molecule has 0 atom stereocenters. The zero-order chi connectivity index (χ0) is 16.6. The number of hydrogen-bond donors (Lipinski definition) is 2. The number of rotatable bonds is 8. The molecular weight excluding hydrogens is 284 g/mol. The van der Waals surface area contributed by atoms with Gasteiger partial charge in [0.15, 0.2) is 0 Å². The van der Waals surface area contributed by atoms with Gasteiger partial charge in [-0.15, -0.1) is 0 Å². The van der Waals surface area contributed by atoms with E-state index in [1.807, 2.05) is 6.07 Å². The second kappa shape index (κ2) is 8.38. The predicted molar refractivity (Wildman–Crippen MR) is 84.9 cm³/mol. The van der Waals surface area contributed by atoms with Crippen molar-refractivity contribution in [3.05, 3.63) is 24.3 Å². The molecule has 0 bridgehead atoms. The molecule has 0 heterocycles. The third kappa shape index (κ3) is 4.73. The SMILES string of the molecule is COCCCNC(=O)C(C)(C)C(=O)Nc1ccccc1OC. The minimum atomic E-state index is -1.19. The molecule has 1 aromatic carbocycles. The zero-order valence-electron chi connectivity index (χ0n) is 13.6. The normalized spacial score (nSPS) is 10.9. The van der Waals surface area contributed by atoms with Crippen LogP contribution in [0.25, 0.3) is 0 Å². The summed E-state index contributed by atoms with van der Waals surface area (Å²) in [5.74, 6) is -0.163. The summed E-state index contributed by atoms with van der Waals surface area (Å²) in [7, 11) is 3.13. The Kier molecular flexibility index (Phi) is 6.85. The van der Waals surface area contributed by atoms with Gasteiger partial charge in [0.2, 0.25) is 11.8 Å². The Bertz CT molecular complexity index is 515. The highest BCUT2D eigenvalue weighted by atomic mass is 16.5. The second-order valence-corrected chi connectivity index (χ2v) is 5.38. The number of hydrogen-bond acceptors (Lipinski definition) is 4. The van der Waals surface area contributed by atoms with Crippen LogP contribution in [0, 0.1) is 5.41 Å². The van der Waals surface area contributed by atoms with Gasteiger partial charge in [0, 0.05) is 20.3 Å². The fraction of sp³-hybridized carbons (Fsp3) is 0.500. The van der Waals surface area contributed by atoms with Crippen molar-refractivity contribution in [2.75, 3.05) is 32.7 Å². The molecule has 0 saturated carbocycles. The largest absolute Gasteiger partial charge is 0.495 e. The standard InChI is InChI=1S/C16H24N2O4/c1-16(2,14(19)17-10-7-11-21-3)15(20)18-12-8-5-6-9-13(12)22-4/h5-6,8-9H,7,10-11H2,1-4H3,(H,17,19)(H,18,20). The highest BCUT2D eigenvalue weighted by Gasteiger charge is 2.36. The van der Waals surface area contributed by atoms with E-state index in [4.69, 9.17) is 9.47 Å². The minimum Gasteiger partial charge on any atom is -0.495 e. The van der Waals surface area contributed by atoms with Crippen molar-refractivity contribution in [2.45, 2.75) is 20.3 Å². The van der Waals surface area contributed by atoms with E-state index in [0.29, 0.717) is 31.0 Å². The first-order valence-corrected chi connectivity index (χ1v) is 7.15. The van der Waals surface area contributed by atoms with Crippen molar-refractivity contribution in [2.24, 2.45) is 5.41 Å². The fourth-order valence-corrected chi connectivity index (χ4v) is 1.77. The Hall–Kier alpha value is -2.08. The molecule has 0 saturated heterocycles. The lowest BCUT2D eigenvalue weighted by atomic mass is 9.91. The van der Waals surface area contributed by atoms with Crippen LogP contribution in [0.15, 0.2) is 24.3 Å². The van der Waals surface area contributed by atoms with E-state index in [-0.39, 0.29) is 11.8 Å². The molecule has 0 aliphatic heterocycles. The van der Waals surface area contributed by atoms with Crippen LogP contribution < -0.4 is 15.4 Å². The molecule has 0 aliphatic rings. The Morgan fingerprint density at radius 2 is 1.82 bits per heavy atom. The monoisotopic (exact) mass is 308 g/mol. The number of ether oxygens (including phenoxy) is 2. The van der Waals surface area contributed by atoms with Crippen molar-refractivity contribution in [3.8, 4) is 5.75 Å². The smallest absolute Gasteiger partial charge is 0.239 e. The van der Waals surface area contributed by atoms with E-state index in [2.05, 4.69) is 10.6 Å². The molecule has 0 radical (unpaired) electrons. The Balaban J connectivity index is 2.67. The number of nitrogens with one attached hydrogen (secondary N) is 2. The van der Waals surface area contributed by atoms with Crippen LogP contribution >= 0.6 is 0 Å². The summed E-state index contributed by atoms with van der Waals surface area (Å²) in [4.78, 5) is 24.6. The van der Waals surface area contributed by atoms with Crippen LogP contribution in [0.3, 0.4) is 0 Å². The van der Waals surface area contributed by atoms with Crippen LogP contribution in [0.4, 0.5) is 5.69 Å². The third-order valence-corrected chi connectivity index (χ3v) is 3.30. The lowest BCUT2D eigenvalue weighted by molar-refractivity contribution is -0.138. The molecule has 0 unspecified atom stereocenters. The van der Waals surface area contributed by atoms with Gasteiger partial charge in [-0.25, -0.2) is 0 Å². The van der Waals surface area contributed by atoms with Crippen molar-refractivity contribution in [1.82, 2.24) is 5.32 Å². The molecular formula is C16H24N2O4. The predicted octanol–water partition coefficient (Wildman–Crippen LogP) is 1.81. The molecule has 22 heavy (non-hydrogen) atoms. The Labute approximate surface area is 131 Å². The van der Waals surface area contributed by atoms with Gasteiger partial charge < -0.3 is 20.1 Å². The van der Waals surface area contributed by atoms with Crippen LogP contribution in [-0.2, 0) is 14.3 Å². The average Bonchev–Trinajstić information content (AvgIpc) is 2.51. The highest BCUT2D eigenvalue weighted by Crippen LogP contribution is 2.26. The molecule has 0 aliphatic carbocycles. The summed E-state index contributed by atoms with van der Waals surface area (Å²) >= 11 is 0. The first kappa shape index (κ1) is 18.0. The molecule has 2 N–H and O–H groups in total. The number of methoxy groups -OCH3 is 2. The van der Waals surface area contributed by atoms with E-state index < -0.39 is 5.41 Å². The maximum absolute atomic E-state index is 12.4. The van der Waals surface area contributed by atoms with Gasteiger partial charge >= 0.3 is 0 Å². The molecule has 0 spiro atoms. The first-order valence-electron chi connectivity index (χ1n) is 7.15. The Morgan fingerprint density at radius 1 is 1.14 bits per heavy atom. The molecule has 2 amide bonds. The van der Waals surface area contributed by atoms with Gasteiger partial charge in [0.25, 0.3) is 0 Å². The minimum absolute atomic E-state index is 0.323. The average molecular weight is 308 g/mol. The lowest BCUT2D eigenvalue weighted by Gasteiger charge is -2.23. The van der Waals surface area contributed by atoms with Crippen LogP contribution in [0.1, 0.15) is 20.3 Å². The quantitative estimate of drug-likeness (QED) is 0.567. The molecule has 6 nitrogen and oxygen atoms in total. The first-order chi connectivity index (χ1) is 10.4. The van der Waals surface area contributed by atoms with Crippen molar-refractivity contribution >= 4 is 17.5 Å². The molecule has 1 rings (SSSR count). The summed E-state index contributed by atoms with van der Waals surface area (Å²) in [5.41, 5.74) is -0.649. The van der Waals surface area contributed by atoms with Crippen LogP contribution in [0.5, 0.6) is 5.75 Å². The van der Waals surface area contributed by atoms with Gasteiger partial charge in [-0.05, 0) is 32.4 Å². The zero-order valence-corrected chi connectivity index (χ0v) is 13.6. The lowest BCUT2D eigenvalue weighted by Crippen LogP contribution is -2.45. The van der Waals surface area contributed by atoms with Gasteiger partial charge in [-0.1, -0.05) is 12.1 Å². The van der Waals surface area contributed by atoms with Crippen molar-refractivity contribution in [1.29, 1.82) is 0 Å². The summed E-state index contributed by atoms with van der Waals surface area (Å²) in [6, 6.07) is 7.06. The van der Waals surface area contributed by atoms with Gasteiger partial charge in [0.1, 0.15) is 11.2 Å². The molecule has 6 heteroatoms. The maximum Gasteiger partial charge on any atom is 0.239 e. The van der Waals surface area contributed by atoms with Crippen molar-refractivity contribution in [3.63, 3.8) is 0 Å². The molecule has 1 aromatic rings. The maximum atomic E-state index is 12.4. The van der Waals surface area contributed by atoms with Gasteiger partial charge in [-0.2, -0.15) is 0 Å². The van der Waals surface area contributed by atoms with E-state index in [1.54, 1.807) is 39.2 Å². The highest BCUT2D eigenvalue weighted by molar-refractivity contribution is 6.10. The summed E-state index contributed by atoms with van der Waals surface area (Å²) in [5, 5.41) is 5.48. The number of carbonyl (C=O) groups excluding carboxylic acids is 2. The Morgan fingerprint density at radius 3 is 2.45 bits per heavy atom. The van der Waals surface area contributed by atoms with E-state index in [1.165, 1.54) is 7.11 Å². The number of amides is 2. The molecule has 0 fully saturated rings. The second-order valence-electron chi connectivity index (χ2n) is 5.38. The van der Waals surface area contributed by atoms with Gasteiger partial charge in [0.05, 0.1) is 12.8 Å². The summed E-state index contributed by atoms with van der Waals surface area (Å²) in [6.07, 6.45) is 0.701. The molecule has 0 aromatic heterocycles. The summed E-state index contributed by atoms with van der Waals surface area (Å²) in [6.45, 7) is 4.21. The number of benzene rings is 1. The number of anilines is 1. The fourth-order valence-electron chi connectivity index (χ4n) is 1.77. The van der Waals surface area contributed by atoms with Crippen LogP contribution in [-0.4, -0.2) is 39.2 Å². The van der Waals surface area contributed by atoms with E-state index in [0.717, 1.165) is 0 Å². The van der Waals surface area contributed by atoms with Crippen LogP contribution in [0.2, 0.25) is 0 Å². The van der Waals surface area contributed by atoms with Crippen molar-refractivity contribution < 1.29 is 19.1 Å². The number of para-hydroxylation sites is 2. The third-order valence-electron chi connectivity index (χ3n) is 3.30. The molecule has 122 valence electrons. The van der Waals surface area contributed by atoms with Gasteiger partial charge in [-0.3, -0.25) is 9.59 Å². The number of carbonyl (C=O) groups is 2. The summed E-state index contributed by atoms with van der Waals surface area (Å²) < 4.78 is 10.1.